The van der Waals surface area contributed by atoms with Crippen LogP contribution in [0.4, 0.5) is 0 Å². The highest BCUT2D eigenvalue weighted by atomic mass is 15.2. The average molecular weight is 1600 g/mol. The molecule has 8 nitrogen and oxygen atoms in total. The van der Waals surface area contributed by atoms with Crippen LogP contribution in [-0.4, -0.2) is 37.4 Å². The smallest absolute Gasteiger partial charge is 0.237 e. The molecule has 0 aliphatic heterocycles. The van der Waals surface area contributed by atoms with Crippen LogP contribution in [0, 0.1) is 0 Å². The molecule has 0 aliphatic carbocycles. The van der Waals surface area contributed by atoms with Crippen molar-refractivity contribution in [1.29, 1.82) is 0 Å². The van der Waals surface area contributed by atoms with Gasteiger partial charge >= 0.3 is 0 Å². The van der Waals surface area contributed by atoms with E-state index in [4.69, 9.17) is 9.97 Å². The van der Waals surface area contributed by atoms with Gasteiger partial charge in [0.2, 0.25) is 5.95 Å². The molecule has 0 saturated carbocycles. The molecule has 26 aromatic rings. The van der Waals surface area contributed by atoms with Crippen molar-refractivity contribution in [3.63, 3.8) is 0 Å². The maximum atomic E-state index is 6.07. The number of hydrogen-bond donors (Lipinski definition) is 0. The Morgan fingerprint density at radius 1 is 0.135 bits per heavy atom. The van der Waals surface area contributed by atoms with Gasteiger partial charge in [0.1, 0.15) is 5.82 Å². The first-order valence-electron chi connectivity index (χ1n) is 43.2. The quantitative estimate of drug-likeness (QED) is 0.116. The minimum Gasteiger partial charge on any atom is -0.309 e. The Balaban J connectivity index is 0.714. The fourth-order valence-corrected chi connectivity index (χ4v) is 20.5. The van der Waals surface area contributed by atoms with Gasteiger partial charge in [-0.15, -0.1) is 0 Å². The number of hydrogen-bond acceptors (Lipinski definition) is 2. The van der Waals surface area contributed by atoms with Crippen LogP contribution in [0.3, 0.4) is 0 Å². The van der Waals surface area contributed by atoms with E-state index in [2.05, 4.69) is 476 Å². The van der Waals surface area contributed by atoms with E-state index in [-0.39, 0.29) is 0 Å². The standard InChI is InChI=1S/C118H74N8/c1-6-27-75(28-7-1)90-39-16-17-40-91(90)84-29-26-30-85(65-84)104-74-117(125-113-61-53-80(76-49-57-109-96(66-76)92-41-18-22-45-105(92)121(109)86-31-8-2-9-32-86)70-100(113)101-71-81(54-62-114(101)125)77-50-58-110-97(67-77)93-42-19-23-46-106(93)122(110)87-33-10-3-11-34-87)120-118(119-104)126-115-63-55-82(78-51-59-111-98(68-78)94-43-20-24-47-107(94)123(111)88-35-12-4-13-36-88)72-102(115)103-73-83(56-64-116(103)126)79-52-60-112-99(69-79)95-44-21-25-48-108(95)124(112)89-37-14-5-15-38-89/h1-74H. The lowest BCUT2D eigenvalue weighted by molar-refractivity contribution is 0.952. The summed E-state index contributed by atoms with van der Waals surface area (Å²) >= 11 is 0. The summed E-state index contributed by atoms with van der Waals surface area (Å²) in [4.78, 5) is 12.0. The van der Waals surface area contributed by atoms with E-state index in [9.17, 15) is 0 Å². The van der Waals surface area contributed by atoms with E-state index >= 15 is 0 Å². The molecule has 7 heterocycles. The van der Waals surface area contributed by atoms with E-state index in [0.717, 1.165) is 172 Å². The summed E-state index contributed by atoms with van der Waals surface area (Å²) in [5.74, 6) is 1.27. The Hall–Kier alpha value is -16.9. The van der Waals surface area contributed by atoms with Gasteiger partial charge in [0.25, 0.3) is 0 Å². The maximum Gasteiger partial charge on any atom is 0.237 e. The summed E-state index contributed by atoms with van der Waals surface area (Å²) in [7, 11) is 0. The Bertz CT molecular complexity index is 8070. The van der Waals surface area contributed by atoms with Crippen LogP contribution in [0.2, 0.25) is 0 Å². The first kappa shape index (κ1) is 70.9. The number of aromatic nitrogens is 8. The van der Waals surface area contributed by atoms with Crippen LogP contribution in [0.25, 0.3) is 243 Å². The molecule has 0 unspecified atom stereocenters. The predicted octanol–water partition coefficient (Wildman–Crippen LogP) is 30.7. The van der Waals surface area contributed by atoms with Gasteiger partial charge in [0, 0.05) is 99.0 Å². The topological polar surface area (TPSA) is 55.4 Å². The van der Waals surface area contributed by atoms with Crippen molar-refractivity contribution in [2.75, 3.05) is 0 Å². The minimum absolute atomic E-state index is 0.539. The zero-order chi connectivity index (χ0) is 82.6. The van der Waals surface area contributed by atoms with Crippen LogP contribution >= 0.6 is 0 Å². The van der Waals surface area contributed by atoms with Gasteiger partial charge in [-0.25, -0.2) is 4.98 Å². The second kappa shape index (κ2) is 28.3. The number of nitrogens with zero attached hydrogens (tertiary/aromatic N) is 8. The molecule has 0 bridgehead atoms. The molecule has 0 N–H and O–H groups in total. The zero-order valence-corrected chi connectivity index (χ0v) is 68.3. The molecule has 0 amide bonds. The molecule has 8 heteroatoms. The molecule has 126 heavy (non-hydrogen) atoms. The molecule has 0 aliphatic rings. The van der Waals surface area contributed by atoms with Crippen molar-refractivity contribution in [1.82, 2.24) is 37.4 Å². The van der Waals surface area contributed by atoms with Gasteiger partial charge in [-0.3, -0.25) is 9.13 Å². The molecule has 0 atom stereocenters. The van der Waals surface area contributed by atoms with Crippen molar-refractivity contribution in [2.45, 2.75) is 0 Å². The van der Waals surface area contributed by atoms with Gasteiger partial charge in [0.15, 0.2) is 0 Å². The predicted molar refractivity (Wildman–Crippen MR) is 526 cm³/mol. The third-order valence-corrected chi connectivity index (χ3v) is 26.2. The monoisotopic (exact) mass is 1600 g/mol. The highest BCUT2D eigenvalue weighted by Gasteiger charge is 2.26. The summed E-state index contributed by atoms with van der Waals surface area (Å²) in [6.45, 7) is 0. The fraction of sp³-hybridized carbons (Fsp3) is 0. The number of rotatable bonds is 13. The summed E-state index contributed by atoms with van der Waals surface area (Å²) in [5.41, 5.74) is 33.0. The largest absolute Gasteiger partial charge is 0.309 e. The molecule has 19 aromatic carbocycles. The molecule has 7 aromatic heterocycles. The highest BCUT2D eigenvalue weighted by molar-refractivity contribution is 6.18. The molecule has 0 spiro atoms. The normalized spacial score (nSPS) is 12.0. The molecule has 0 saturated heterocycles. The molecule has 0 radical (unpaired) electrons. The average Bonchev–Trinajstić information content (AvgIpc) is 1.57. The Morgan fingerprint density at radius 3 is 0.698 bits per heavy atom. The van der Waals surface area contributed by atoms with E-state index in [1.165, 1.54) is 65.2 Å². The summed E-state index contributed by atoms with van der Waals surface area (Å²) < 4.78 is 14.3. The van der Waals surface area contributed by atoms with Gasteiger partial charge in [-0.05, 0) is 243 Å². The maximum absolute atomic E-state index is 6.07. The van der Waals surface area contributed by atoms with Crippen molar-refractivity contribution < 1.29 is 0 Å². The van der Waals surface area contributed by atoms with E-state index in [1.807, 2.05) is 0 Å². The summed E-state index contributed by atoms with van der Waals surface area (Å²) in [5, 5.41) is 14.0. The van der Waals surface area contributed by atoms with Gasteiger partial charge < -0.3 is 18.3 Å². The number of para-hydroxylation sites is 8. The minimum atomic E-state index is 0.539. The van der Waals surface area contributed by atoms with Crippen molar-refractivity contribution in [2.24, 2.45) is 0 Å². The first-order valence-corrected chi connectivity index (χ1v) is 43.2. The molecular weight excluding hydrogens is 1530 g/mol. The van der Waals surface area contributed by atoms with E-state index in [0.29, 0.717) is 5.95 Å². The molecule has 586 valence electrons. The van der Waals surface area contributed by atoms with Crippen LogP contribution in [0.5, 0.6) is 0 Å². The lowest BCUT2D eigenvalue weighted by Crippen LogP contribution is -2.07. The summed E-state index contributed by atoms with van der Waals surface area (Å²) in [6.07, 6.45) is 0. The van der Waals surface area contributed by atoms with Crippen LogP contribution in [0.15, 0.2) is 449 Å². The zero-order valence-electron chi connectivity index (χ0n) is 68.3. The van der Waals surface area contributed by atoms with Crippen molar-refractivity contribution >= 4 is 131 Å². The third-order valence-electron chi connectivity index (χ3n) is 26.2. The molecular formula is C118H74N8. The van der Waals surface area contributed by atoms with Crippen LogP contribution < -0.4 is 0 Å². The lowest BCUT2D eigenvalue weighted by Gasteiger charge is -2.15. The van der Waals surface area contributed by atoms with E-state index in [1.54, 1.807) is 0 Å². The highest BCUT2D eigenvalue weighted by Crippen LogP contribution is 2.47. The molecule has 0 fully saturated rings. The Labute approximate surface area is 724 Å². The van der Waals surface area contributed by atoms with Crippen LogP contribution in [-0.2, 0) is 0 Å². The van der Waals surface area contributed by atoms with E-state index < -0.39 is 0 Å². The molecule has 26 rings (SSSR count). The first-order chi connectivity index (χ1) is 62.5. The summed E-state index contributed by atoms with van der Waals surface area (Å²) in [6, 6.07) is 165. The van der Waals surface area contributed by atoms with Crippen molar-refractivity contribution in [3.05, 3.63) is 449 Å². The second-order valence-corrected chi connectivity index (χ2v) is 33.2. The Kier molecular flexibility index (Phi) is 15.9. The fourth-order valence-electron chi connectivity index (χ4n) is 20.5. The number of benzene rings is 19. The van der Waals surface area contributed by atoms with Gasteiger partial charge in [0.05, 0.1) is 71.9 Å². The lowest BCUT2D eigenvalue weighted by atomic mass is 9.93. The third kappa shape index (κ3) is 11.2. The van der Waals surface area contributed by atoms with Gasteiger partial charge in [-0.1, -0.05) is 267 Å². The Morgan fingerprint density at radius 2 is 0.373 bits per heavy atom. The number of fused-ring (bicyclic) bond motifs is 18. The SMILES string of the molecule is c1ccc(-c2ccccc2-c2cccc(-c3cc(-n4c5ccc(-c6ccc7c(c6)c6ccccc6n7-c6ccccc6)cc5c5cc(-c6ccc7c(c6)c6ccccc6n7-c6ccccc6)ccc54)nc(-n4c5ccc(-c6ccc7c(c6)c6ccccc6n7-c6ccccc6)cc5c5cc(-c6ccc7c(c6)c6ccccc6n7-c6ccccc6)ccc54)n3)c2)cc1. The second-order valence-electron chi connectivity index (χ2n) is 33.2. The van der Waals surface area contributed by atoms with Crippen LogP contribution in [0.1, 0.15) is 0 Å². The van der Waals surface area contributed by atoms with Crippen molar-refractivity contribution in [3.8, 4) is 113 Å². The van der Waals surface area contributed by atoms with Gasteiger partial charge in [-0.2, -0.15) is 4.98 Å².